The molecular weight excluding hydrogens is 250 g/mol. The van der Waals surface area contributed by atoms with Crippen molar-refractivity contribution >= 4 is 9.84 Å². The fourth-order valence-corrected chi connectivity index (χ4v) is 4.10. The first kappa shape index (κ1) is 13.4. The molecule has 4 nitrogen and oxygen atoms in total. The highest BCUT2D eigenvalue weighted by Gasteiger charge is 2.30. The van der Waals surface area contributed by atoms with Gasteiger partial charge in [0.25, 0.3) is 0 Å². The van der Waals surface area contributed by atoms with Gasteiger partial charge >= 0.3 is 0 Å². The quantitative estimate of drug-likeness (QED) is 0.877. The first-order chi connectivity index (χ1) is 8.63. The highest BCUT2D eigenvalue weighted by atomic mass is 32.2. The Kier molecular flexibility index (Phi) is 4.24. The van der Waals surface area contributed by atoms with Crippen molar-refractivity contribution in [1.29, 1.82) is 0 Å². The first-order valence-corrected chi connectivity index (χ1v) is 7.89. The smallest absolute Gasteiger partial charge is 0.154 e. The second-order valence-corrected chi connectivity index (χ2v) is 6.97. The maximum absolute atomic E-state index is 11.7. The van der Waals surface area contributed by atoms with Gasteiger partial charge < -0.3 is 10.1 Å². The largest absolute Gasteiger partial charge is 0.496 e. The zero-order valence-corrected chi connectivity index (χ0v) is 11.4. The Morgan fingerprint density at radius 2 is 2.17 bits per heavy atom. The van der Waals surface area contributed by atoms with Gasteiger partial charge in [-0.25, -0.2) is 8.42 Å². The third-order valence-electron chi connectivity index (χ3n) is 3.34. The molecule has 1 aromatic rings. The van der Waals surface area contributed by atoms with Crippen LogP contribution in [-0.2, 0) is 16.4 Å². The standard InChI is InChI=1S/C13H19NO3S/c1-17-13-7-3-2-5-11(13)9-14-10-12-6-4-8-18(12,15)16/h2-3,5,7,12,14H,4,6,8-10H2,1H3/t12-/m1/s1. The summed E-state index contributed by atoms with van der Waals surface area (Å²) >= 11 is 0. The molecule has 1 fully saturated rings. The Hall–Kier alpha value is -1.07. The Bertz CT molecular complexity index is 499. The fraction of sp³-hybridized carbons (Fsp3) is 0.538. The van der Waals surface area contributed by atoms with Crippen LogP contribution in [0.15, 0.2) is 24.3 Å². The topological polar surface area (TPSA) is 55.4 Å². The highest BCUT2D eigenvalue weighted by molar-refractivity contribution is 7.92. The van der Waals surface area contributed by atoms with E-state index in [1.165, 1.54) is 0 Å². The van der Waals surface area contributed by atoms with Gasteiger partial charge in [0.2, 0.25) is 0 Å². The summed E-state index contributed by atoms with van der Waals surface area (Å²) in [4.78, 5) is 0. The molecule has 1 saturated heterocycles. The Balaban J connectivity index is 1.89. The van der Waals surface area contributed by atoms with E-state index in [1.54, 1.807) is 7.11 Å². The number of rotatable bonds is 5. The Labute approximate surface area is 108 Å². The SMILES string of the molecule is COc1ccccc1CNC[C@H]1CCCS1(=O)=O. The van der Waals surface area contributed by atoms with E-state index >= 15 is 0 Å². The number of sulfone groups is 1. The molecule has 5 heteroatoms. The van der Waals surface area contributed by atoms with Crippen molar-refractivity contribution in [3.05, 3.63) is 29.8 Å². The lowest BCUT2D eigenvalue weighted by Gasteiger charge is -2.12. The van der Waals surface area contributed by atoms with Crippen LogP contribution in [0, 0.1) is 0 Å². The lowest BCUT2D eigenvalue weighted by molar-refractivity contribution is 0.407. The molecule has 0 saturated carbocycles. The molecular formula is C13H19NO3S. The minimum atomic E-state index is -2.85. The molecule has 1 aromatic carbocycles. The summed E-state index contributed by atoms with van der Waals surface area (Å²) in [6.45, 7) is 1.16. The monoisotopic (exact) mass is 269 g/mol. The van der Waals surface area contributed by atoms with E-state index in [0.717, 1.165) is 24.2 Å². The van der Waals surface area contributed by atoms with Gasteiger partial charge in [-0.2, -0.15) is 0 Å². The summed E-state index contributed by atoms with van der Waals surface area (Å²) in [5.74, 6) is 1.17. The van der Waals surface area contributed by atoms with Crippen molar-refractivity contribution in [3.8, 4) is 5.75 Å². The minimum absolute atomic E-state index is 0.216. The van der Waals surface area contributed by atoms with Gasteiger partial charge in [0.1, 0.15) is 5.75 Å². The third-order valence-corrected chi connectivity index (χ3v) is 5.62. The van der Waals surface area contributed by atoms with Gasteiger partial charge in [0.05, 0.1) is 18.1 Å². The first-order valence-electron chi connectivity index (χ1n) is 6.17. The Morgan fingerprint density at radius 3 is 2.83 bits per heavy atom. The van der Waals surface area contributed by atoms with Crippen molar-refractivity contribution in [2.24, 2.45) is 0 Å². The molecule has 1 heterocycles. The molecule has 0 unspecified atom stereocenters. The summed E-state index contributed by atoms with van der Waals surface area (Å²) in [6.07, 6.45) is 1.57. The van der Waals surface area contributed by atoms with Crippen LogP contribution < -0.4 is 10.1 Å². The summed E-state index contributed by atoms with van der Waals surface area (Å²) in [7, 11) is -1.21. The zero-order chi connectivity index (χ0) is 13.0. The van der Waals surface area contributed by atoms with Gasteiger partial charge in [-0.15, -0.1) is 0 Å². The Morgan fingerprint density at radius 1 is 1.39 bits per heavy atom. The maximum atomic E-state index is 11.7. The number of nitrogens with one attached hydrogen (secondary N) is 1. The molecule has 1 aliphatic rings. The van der Waals surface area contributed by atoms with E-state index in [-0.39, 0.29) is 5.25 Å². The fourth-order valence-electron chi connectivity index (χ4n) is 2.30. The van der Waals surface area contributed by atoms with Crippen molar-refractivity contribution in [2.75, 3.05) is 19.4 Å². The van der Waals surface area contributed by atoms with Crippen molar-refractivity contribution in [1.82, 2.24) is 5.32 Å². The van der Waals surface area contributed by atoms with Gasteiger partial charge in [0, 0.05) is 18.7 Å². The van der Waals surface area contributed by atoms with Crippen LogP contribution in [-0.4, -0.2) is 33.1 Å². The van der Waals surface area contributed by atoms with E-state index in [0.29, 0.717) is 18.8 Å². The average Bonchev–Trinajstić information content (AvgIpc) is 2.69. The molecule has 1 N–H and O–H groups in total. The third kappa shape index (κ3) is 3.03. The molecule has 100 valence electrons. The van der Waals surface area contributed by atoms with Crippen LogP contribution in [0.5, 0.6) is 5.75 Å². The number of hydrogen-bond donors (Lipinski definition) is 1. The van der Waals surface area contributed by atoms with E-state index in [4.69, 9.17) is 4.74 Å². The van der Waals surface area contributed by atoms with E-state index in [1.807, 2.05) is 24.3 Å². The number of hydrogen-bond acceptors (Lipinski definition) is 4. The molecule has 0 aromatic heterocycles. The summed E-state index contributed by atoms with van der Waals surface area (Å²) in [5, 5.41) is 3.00. The van der Waals surface area contributed by atoms with E-state index < -0.39 is 9.84 Å². The molecule has 0 radical (unpaired) electrons. The van der Waals surface area contributed by atoms with Crippen LogP contribution in [0.2, 0.25) is 0 Å². The number of benzene rings is 1. The normalized spacial score (nSPS) is 21.9. The summed E-state index contributed by atoms with van der Waals surface area (Å²) in [6, 6.07) is 7.76. The predicted molar refractivity (Wildman–Crippen MR) is 71.5 cm³/mol. The average molecular weight is 269 g/mol. The van der Waals surface area contributed by atoms with Gasteiger partial charge in [-0.3, -0.25) is 0 Å². The second kappa shape index (κ2) is 5.71. The number of ether oxygens (including phenoxy) is 1. The van der Waals surface area contributed by atoms with Crippen molar-refractivity contribution in [3.63, 3.8) is 0 Å². The minimum Gasteiger partial charge on any atom is -0.496 e. The lowest BCUT2D eigenvalue weighted by atomic mass is 10.2. The summed E-state index contributed by atoms with van der Waals surface area (Å²) in [5.41, 5.74) is 1.05. The molecule has 2 rings (SSSR count). The van der Waals surface area contributed by atoms with Crippen molar-refractivity contribution < 1.29 is 13.2 Å². The van der Waals surface area contributed by atoms with Crippen molar-refractivity contribution in [2.45, 2.75) is 24.6 Å². The molecule has 0 bridgehead atoms. The van der Waals surface area contributed by atoms with Crippen LogP contribution >= 0.6 is 0 Å². The van der Waals surface area contributed by atoms with Gasteiger partial charge in [-0.1, -0.05) is 18.2 Å². The molecule has 0 spiro atoms. The highest BCUT2D eigenvalue weighted by Crippen LogP contribution is 2.20. The maximum Gasteiger partial charge on any atom is 0.154 e. The van der Waals surface area contributed by atoms with Gasteiger partial charge in [-0.05, 0) is 18.9 Å². The van der Waals surface area contributed by atoms with Crippen LogP contribution in [0.25, 0.3) is 0 Å². The second-order valence-electron chi connectivity index (χ2n) is 4.57. The summed E-state index contributed by atoms with van der Waals surface area (Å²) < 4.78 is 28.6. The molecule has 1 atom stereocenters. The van der Waals surface area contributed by atoms with E-state index in [9.17, 15) is 8.42 Å². The molecule has 0 aliphatic carbocycles. The van der Waals surface area contributed by atoms with E-state index in [2.05, 4.69) is 5.32 Å². The predicted octanol–water partition coefficient (Wildman–Crippen LogP) is 1.36. The molecule has 1 aliphatic heterocycles. The van der Waals surface area contributed by atoms with Gasteiger partial charge in [0.15, 0.2) is 9.84 Å². The van der Waals surface area contributed by atoms with Crippen LogP contribution in [0.4, 0.5) is 0 Å². The number of para-hydroxylation sites is 1. The molecule has 18 heavy (non-hydrogen) atoms. The molecule has 0 amide bonds. The zero-order valence-electron chi connectivity index (χ0n) is 10.6. The number of methoxy groups -OCH3 is 1. The van der Waals surface area contributed by atoms with Crippen LogP contribution in [0.3, 0.4) is 0 Å². The lowest BCUT2D eigenvalue weighted by Crippen LogP contribution is -2.30. The van der Waals surface area contributed by atoms with Crippen LogP contribution in [0.1, 0.15) is 18.4 Å².